The van der Waals surface area contributed by atoms with E-state index in [-0.39, 0.29) is 18.2 Å². The summed E-state index contributed by atoms with van der Waals surface area (Å²) in [5.41, 5.74) is -0.160. The van der Waals surface area contributed by atoms with E-state index in [9.17, 15) is 5.11 Å². The third-order valence-electron chi connectivity index (χ3n) is 2.16. The van der Waals surface area contributed by atoms with Crippen molar-refractivity contribution in [3.63, 3.8) is 0 Å². The number of hydrogen-bond donors (Lipinski definition) is 2. The van der Waals surface area contributed by atoms with E-state index in [4.69, 9.17) is 4.74 Å². The van der Waals surface area contributed by atoms with Crippen molar-refractivity contribution in [3.8, 4) is 0 Å². The van der Waals surface area contributed by atoms with Gasteiger partial charge in [-0.2, -0.15) is 0 Å². The van der Waals surface area contributed by atoms with Crippen LogP contribution in [-0.4, -0.2) is 37.0 Å². The lowest BCUT2D eigenvalue weighted by molar-refractivity contribution is 0.116. The van der Waals surface area contributed by atoms with E-state index >= 15 is 0 Å². The van der Waals surface area contributed by atoms with Gasteiger partial charge in [-0.3, -0.25) is 0 Å². The SMILES string of the molecule is CCCC(C)(CO)NC(C)COC. The number of hydrogen-bond acceptors (Lipinski definition) is 3. The second-order valence-corrected chi connectivity index (χ2v) is 3.97. The zero-order valence-electron chi connectivity index (χ0n) is 9.26. The molecule has 2 unspecified atom stereocenters. The van der Waals surface area contributed by atoms with Gasteiger partial charge in [0.2, 0.25) is 0 Å². The lowest BCUT2D eigenvalue weighted by Gasteiger charge is -2.31. The van der Waals surface area contributed by atoms with Crippen LogP contribution in [0.15, 0.2) is 0 Å². The van der Waals surface area contributed by atoms with Crippen molar-refractivity contribution in [1.82, 2.24) is 5.32 Å². The van der Waals surface area contributed by atoms with E-state index in [0.717, 1.165) is 12.8 Å². The Balaban J connectivity index is 3.93. The standard InChI is InChI=1S/C10H23NO2/c1-5-6-10(3,8-12)11-9(2)7-13-4/h9,11-12H,5-8H2,1-4H3. The first kappa shape index (κ1) is 12.9. The highest BCUT2D eigenvalue weighted by molar-refractivity contribution is 4.84. The van der Waals surface area contributed by atoms with Crippen LogP contribution in [0.4, 0.5) is 0 Å². The summed E-state index contributed by atoms with van der Waals surface area (Å²) in [5, 5.41) is 12.6. The maximum absolute atomic E-state index is 9.23. The second kappa shape index (κ2) is 6.35. The third-order valence-corrected chi connectivity index (χ3v) is 2.16. The minimum absolute atomic E-state index is 0.160. The Labute approximate surface area is 81.5 Å². The van der Waals surface area contributed by atoms with Crippen LogP contribution in [0, 0.1) is 0 Å². The summed E-state index contributed by atoms with van der Waals surface area (Å²) in [5.74, 6) is 0. The number of rotatable bonds is 7. The molecule has 0 aliphatic rings. The van der Waals surface area contributed by atoms with Crippen LogP contribution in [0.25, 0.3) is 0 Å². The highest BCUT2D eigenvalue weighted by atomic mass is 16.5. The molecule has 0 aliphatic heterocycles. The molecule has 0 bridgehead atoms. The van der Waals surface area contributed by atoms with Crippen molar-refractivity contribution in [2.75, 3.05) is 20.3 Å². The molecule has 3 nitrogen and oxygen atoms in total. The number of methoxy groups -OCH3 is 1. The largest absolute Gasteiger partial charge is 0.394 e. The minimum atomic E-state index is -0.160. The van der Waals surface area contributed by atoms with Gasteiger partial charge in [0.05, 0.1) is 13.2 Å². The molecular weight excluding hydrogens is 166 g/mol. The van der Waals surface area contributed by atoms with E-state index in [0.29, 0.717) is 6.61 Å². The molecule has 13 heavy (non-hydrogen) atoms. The van der Waals surface area contributed by atoms with E-state index in [1.165, 1.54) is 0 Å². The van der Waals surface area contributed by atoms with Crippen molar-refractivity contribution in [2.45, 2.75) is 45.2 Å². The van der Waals surface area contributed by atoms with Crippen LogP contribution in [0.5, 0.6) is 0 Å². The summed E-state index contributed by atoms with van der Waals surface area (Å²) in [6, 6.07) is 0.286. The smallest absolute Gasteiger partial charge is 0.0613 e. The van der Waals surface area contributed by atoms with Crippen molar-refractivity contribution < 1.29 is 9.84 Å². The number of aliphatic hydroxyl groups excluding tert-OH is 1. The predicted molar refractivity (Wildman–Crippen MR) is 54.9 cm³/mol. The molecule has 0 aromatic heterocycles. The maximum atomic E-state index is 9.23. The van der Waals surface area contributed by atoms with Crippen molar-refractivity contribution in [3.05, 3.63) is 0 Å². The molecule has 0 saturated heterocycles. The average Bonchev–Trinajstić information content (AvgIpc) is 2.05. The summed E-state index contributed by atoms with van der Waals surface area (Å²) < 4.78 is 5.03. The summed E-state index contributed by atoms with van der Waals surface area (Å²) in [6.45, 7) is 7.08. The van der Waals surface area contributed by atoms with Gasteiger partial charge < -0.3 is 15.2 Å². The molecule has 0 aromatic carbocycles. The van der Waals surface area contributed by atoms with Crippen molar-refractivity contribution in [1.29, 1.82) is 0 Å². The Bertz CT molecular complexity index is 130. The summed E-state index contributed by atoms with van der Waals surface area (Å²) >= 11 is 0. The first-order valence-corrected chi connectivity index (χ1v) is 4.95. The van der Waals surface area contributed by atoms with Crippen LogP contribution in [-0.2, 0) is 4.74 Å². The minimum Gasteiger partial charge on any atom is -0.394 e. The lowest BCUT2D eigenvalue weighted by atomic mass is 9.96. The topological polar surface area (TPSA) is 41.5 Å². The van der Waals surface area contributed by atoms with Gasteiger partial charge in [-0.15, -0.1) is 0 Å². The fraction of sp³-hybridized carbons (Fsp3) is 1.00. The third kappa shape index (κ3) is 5.24. The van der Waals surface area contributed by atoms with Crippen LogP contribution in [0.3, 0.4) is 0 Å². The first-order chi connectivity index (χ1) is 6.08. The summed E-state index contributed by atoms with van der Waals surface area (Å²) in [7, 11) is 1.69. The molecule has 0 spiro atoms. The molecule has 80 valence electrons. The van der Waals surface area contributed by atoms with Gasteiger partial charge in [-0.1, -0.05) is 13.3 Å². The molecule has 0 saturated carbocycles. The highest BCUT2D eigenvalue weighted by Crippen LogP contribution is 2.12. The fourth-order valence-electron chi connectivity index (χ4n) is 1.64. The monoisotopic (exact) mass is 189 g/mol. The lowest BCUT2D eigenvalue weighted by Crippen LogP contribution is -2.51. The molecule has 0 aromatic rings. The Morgan fingerprint density at radius 3 is 2.54 bits per heavy atom. The summed E-state index contributed by atoms with van der Waals surface area (Å²) in [6.07, 6.45) is 2.06. The van der Waals surface area contributed by atoms with Gasteiger partial charge in [0.25, 0.3) is 0 Å². The molecule has 0 heterocycles. The molecule has 0 fully saturated rings. The Kier molecular flexibility index (Phi) is 6.29. The quantitative estimate of drug-likeness (QED) is 0.631. The van der Waals surface area contributed by atoms with Crippen LogP contribution in [0.2, 0.25) is 0 Å². The Hall–Kier alpha value is -0.120. The predicted octanol–water partition coefficient (Wildman–Crippen LogP) is 1.16. The average molecular weight is 189 g/mol. The molecule has 2 N–H and O–H groups in total. The molecule has 0 amide bonds. The Morgan fingerprint density at radius 1 is 1.54 bits per heavy atom. The first-order valence-electron chi connectivity index (χ1n) is 4.95. The van der Waals surface area contributed by atoms with Gasteiger partial charge in [0.1, 0.15) is 0 Å². The van der Waals surface area contributed by atoms with Gasteiger partial charge in [-0.05, 0) is 20.3 Å². The van der Waals surface area contributed by atoms with Crippen LogP contribution >= 0.6 is 0 Å². The molecular formula is C10H23NO2. The van der Waals surface area contributed by atoms with Gasteiger partial charge >= 0.3 is 0 Å². The number of aliphatic hydroxyl groups is 1. The van der Waals surface area contributed by atoms with Gasteiger partial charge in [0.15, 0.2) is 0 Å². The summed E-state index contributed by atoms with van der Waals surface area (Å²) in [4.78, 5) is 0. The molecule has 0 aliphatic carbocycles. The van der Waals surface area contributed by atoms with Crippen LogP contribution < -0.4 is 5.32 Å². The van der Waals surface area contributed by atoms with E-state index in [2.05, 4.69) is 19.2 Å². The second-order valence-electron chi connectivity index (χ2n) is 3.97. The number of ether oxygens (including phenoxy) is 1. The van der Waals surface area contributed by atoms with Crippen molar-refractivity contribution in [2.24, 2.45) is 0 Å². The normalized spacial score (nSPS) is 18.2. The fourth-order valence-corrected chi connectivity index (χ4v) is 1.64. The van der Waals surface area contributed by atoms with Gasteiger partial charge in [0, 0.05) is 18.7 Å². The number of nitrogens with one attached hydrogen (secondary N) is 1. The molecule has 2 atom stereocenters. The van der Waals surface area contributed by atoms with E-state index < -0.39 is 0 Å². The molecule has 0 rings (SSSR count). The van der Waals surface area contributed by atoms with E-state index in [1.54, 1.807) is 7.11 Å². The Morgan fingerprint density at radius 2 is 2.15 bits per heavy atom. The zero-order valence-corrected chi connectivity index (χ0v) is 9.26. The maximum Gasteiger partial charge on any atom is 0.0613 e. The highest BCUT2D eigenvalue weighted by Gasteiger charge is 2.23. The molecule has 3 heteroatoms. The molecule has 0 radical (unpaired) electrons. The van der Waals surface area contributed by atoms with Gasteiger partial charge in [-0.25, -0.2) is 0 Å². The zero-order chi connectivity index (χ0) is 10.3. The van der Waals surface area contributed by atoms with E-state index in [1.807, 2.05) is 6.92 Å². The van der Waals surface area contributed by atoms with Crippen molar-refractivity contribution >= 4 is 0 Å². The van der Waals surface area contributed by atoms with Crippen LogP contribution in [0.1, 0.15) is 33.6 Å².